The third-order valence-corrected chi connectivity index (χ3v) is 1.93. The molecule has 0 saturated heterocycles. The van der Waals surface area contributed by atoms with Gasteiger partial charge in [0.1, 0.15) is 6.07 Å². The smallest absolute Gasteiger partial charge is 0.267 e. The fourth-order valence-corrected chi connectivity index (χ4v) is 1.20. The second kappa shape index (κ2) is 4.20. The van der Waals surface area contributed by atoms with Gasteiger partial charge in [-0.3, -0.25) is 0 Å². The van der Waals surface area contributed by atoms with Crippen LogP contribution in [-0.4, -0.2) is 10.1 Å². The number of hydrogen-bond acceptors (Lipinski definition) is 3. The summed E-state index contributed by atoms with van der Waals surface area (Å²) in [6, 6.07) is 1.50. The molecule has 0 radical (unpaired) electrons. The van der Waals surface area contributed by atoms with E-state index in [1.165, 1.54) is 6.07 Å². The second-order valence-electron chi connectivity index (χ2n) is 2.44. The van der Waals surface area contributed by atoms with Gasteiger partial charge in [0.25, 0.3) is 6.43 Å². The van der Waals surface area contributed by atoms with Crippen molar-refractivity contribution in [2.75, 3.05) is 0 Å². The van der Waals surface area contributed by atoms with E-state index in [4.69, 9.17) is 16.9 Å². The lowest BCUT2D eigenvalue weighted by molar-refractivity contribution is 0.146. The maximum atomic E-state index is 12.4. The molecule has 0 amide bonds. The molecule has 6 heteroatoms. The molecule has 0 aromatic carbocycles. The minimum absolute atomic E-state index is 0.0261. The van der Waals surface area contributed by atoms with Crippen LogP contribution in [0, 0.1) is 11.3 Å². The number of halogens is 3. The first kappa shape index (κ1) is 10.7. The predicted octanol–water partition coefficient (Wildman–Crippen LogP) is 2.34. The van der Waals surface area contributed by atoms with Gasteiger partial charge in [-0.1, -0.05) is 0 Å². The molecule has 0 atom stereocenters. The lowest BCUT2D eigenvalue weighted by Gasteiger charge is -2.08. The van der Waals surface area contributed by atoms with Crippen LogP contribution in [0.2, 0.25) is 0 Å². The van der Waals surface area contributed by atoms with Crippen LogP contribution in [0.1, 0.15) is 23.2 Å². The summed E-state index contributed by atoms with van der Waals surface area (Å²) in [7, 11) is 0. The lowest BCUT2D eigenvalue weighted by Crippen LogP contribution is -1.97. The number of nitriles is 1. The Labute approximate surface area is 83.6 Å². The highest BCUT2D eigenvalue weighted by atomic mass is 35.5. The molecule has 0 spiro atoms. The first-order valence-electron chi connectivity index (χ1n) is 3.56. The summed E-state index contributed by atoms with van der Waals surface area (Å²) in [5, 5.41) is 17.7. The van der Waals surface area contributed by atoms with Crippen LogP contribution in [0.25, 0.3) is 0 Å². The van der Waals surface area contributed by atoms with Gasteiger partial charge in [0.05, 0.1) is 5.56 Å². The Morgan fingerprint density at radius 1 is 1.64 bits per heavy atom. The van der Waals surface area contributed by atoms with Crippen LogP contribution in [-0.2, 0) is 5.88 Å². The van der Waals surface area contributed by atoms with Crippen LogP contribution in [0.15, 0.2) is 6.20 Å². The quantitative estimate of drug-likeness (QED) is 0.775. The first-order valence-corrected chi connectivity index (χ1v) is 4.10. The Morgan fingerprint density at radius 2 is 2.29 bits per heavy atom. The predicted molar refractivity (Wildman–Crippen MR) is 45.1 cm³/mol. The Morgan fingerprint density at radius 3 is 2.71 bits per heavy atom. The summed E-state index contributed by atoms with van der Waals surface area (Å²) in [5.41, 5.74) is -1.01. The fraction of sp³-hybridized carbons (Fsp3) is 0.250. The van der Waals surface area contributed by atoms with E-state index >= 15 is 0 Å². The van der Waals surface area contributed by atoms with Gasteiger partial charge in [0.15, 0.2) is 11.4 Å². The van der Waals surface area contributed by atoms with Crippen molar-refractivity contribution in [3.8, 4) is 11.8 Å². The minimum Gasteiger partial charge on any atom is -0.505 e. The molecule has 1 aromatic rings. The summed E-state index contributed by atoms with van der Waals surface area (Å²) < 4.78 is 24.9. The summed E-state index contributed by atoms with van der Waals surface area (Å²) in [6.07, 6.45) is -1.81. The average molecular weight is 219 g/mol. The molecule has 3 nitrogen and oxygen atoms in total. The topological polar surface area (TPSA) is 56.9 Å². The van der Waals surface area contributed by atoms with Gasteiger partial charge in [-0.25, -0.2) is 13.8 Å². The Bertz CT molecular complexity index is 390. The van der Waals surface area contributed by atoms with Gasteiger partial charge in [-0.15, -0.1) is 11.6 Å². The number of rotatable bonds is 2. The lowest BCUT2D eigenvalue weighted by atomic mass is 10.1. The van der Waals surface area contributed by atoms with Crippen molar-refractivity contribution < 1.29 is 13.9 Å². The molecule has 0 unspecified atom stereocenters. The monoisotopic (exact) mass is 218 g/mol. The molecule has 0 aliphatic rings. The van der Waals surface area contributed by atoms with Gasteiger partial charge in [-0.05, 0) is 5.56 Å². The van der Waals surface area contributed by atoms with Gasteiger partial charge < -0.3 is 5.11 Å². The van der Waals surface area contributed by atoms with Crippen molar-refractivity contribution in [2.45, 2.75) is 12.3 Å². The van der Waals surface area contributed by atoms with Gasteiger partial charge in [0, 0.05) is 12.1 Å². The standard InChI is InChI=1S/C8H5ClF2N2O/c9-1-4-3-13-5(2-12)7(14)6(4)8(10)11/h3,8,14H,1H2. The van der Waals surface area contributed by atoms with E-state index in [0.717, 1.165) is 6.20 Å². The van der Waals surface area contributed by atoms with Crippen molar-refractivity contribution in [3.05, 3.63) is 23.0 Å². The number of pyridine rings is 1. The number of nitrogens with zero attached hydrogens (tertiary/aromatic N) is 2. The molecule has 1 aromatic heterocycles. The summed E-state index contributed by atoms with van der Waals surface area (Å²) >= 11 is 5.38. The Balaban J connectivity index is 3.41. The first-order chi connectivity index (χ1) is 6.61. The molecule has 0 saturated carbocycles. The molecule has 74 valence electrons. The fourth-order valence-electron chi connectivity index (χ4n) is 0.985. The van der Waals surface area contributed by atoms with E-state index in [1.807, 2.05) is 0 Å². The molecule has 0 bridgehead atoms. The van der Waals surface area contributed by atoms with Crippen LogP contribution in [0.5, 0.6) is 5.75 Å². The maximum Gasteiger partial charge on any atom is 0.267 e. The number of alkyl halides is 3. The van der Waals surface area contributed by atoms with E-state index in [-0.39, 0.29) is 11.4 Å². The van der Waals surface area contributed by atoms with Crippen molar-refractivity contribution in [1.29, 1.82) is 5.26 Å². The van der Waals surface area contributed by atoms with Crippen molar-refractivity contribution in [1.82, 2.24) is 4.98 Å². The molecule has 1 heterocycles. The summed E-state index contributed by atoms with van der Waals surface area (Å²) in [5.74, 6) is -0.980. The van der Waals surface area contributed by atoms with Gasteiger partial charge in [0.2, 0.25) is 0 Å². The van der Waals surface area contributed by atoms with Crippen molar-refractivity contribution in [2.24, 2.45) is 0 Å². The van der Waals surface area contributed by atoms with Crippen LogP contribution in [0.3, 0.4) is 0 Å². The Hall–Kier alpha value is -1.41. The molecule has 0 aliphatic carbocycles. The van der Waals surface area contributed by atoms with Crippen LogP contribution < -0.4 is 0 Å². The van der Waals surface area contributed by atoms with Gasteiger partial charge >= 0.3 is 0 Å². The SMILES string of the molecule is N#Cc1ncc(CCl)c(C(F)F)c1O. The van der Waals surface area contributed by atoms with E-state index in [0.29, 0.717) is 0 Å². The zero-order valence-corrected chi connectivity index (χ0v) is 7.59. The molecular weight excluding hydrogens is 214 g/mol. The maximum absolute atomic E-state index is 12.4. The largest absolute Gasteiger partial charge is 0.505 e. The highest BCUT2D eigenvalue weighted by molar-refractivity contribution is 6.17. The molecule has 1 rings (SSSR count). The third kappa shape index (κ3) is 1.75. The van der Waals surface area contributed by atoms with E-state index in [9.17, 15) is 13.9 Å². The number of hydrogen-bond donors (Lipinski definition) is 1. The molecule has 1 N–H and O–H groups in total. The number of aromatic nitrogens is 1. The molecular formula is C8H5ClF2N2O. The van der Waals surface area contributed by atoms with Crippen LogP contribution >= 0.6 is 11.6 Å². The van der Waals surface area contributed by atoms with E-state index in [2.05, 4.69) is 4.98 Å². The number of aromatic hydroxyl groups is 1. The molecule has 0 fully saturated rings. The van der Waals surface area contributed by atoms with E-state index < -0.39 is 23.4 Å². The molecule has 14 heavy (non-hydrogen) atoms. The highest BCUT2D eigenvalue weighted by Gasteiger charge is 2.21. The zero-order valence-electron chi connectivity index (χ0n) is 6.84. The normalized spacial score (nSPS) is 10.2. The summed E-state index contributed by atoms with van der Waals surface area (Å²) in [4.78, 5) is 3.48. The second-order valence-corrected chi connectivity index (χ2v) is 2.71. The van der Waals surface area contributed by atoms with E-state index in [1.54, 1.807) is 0 Å². The molecule has 0 aliphatic heterocycles. The third-order valence-electron chi connectivity index (χ3n) is 1.64. The Kier molecular flexibility index (Phi) is 3.20. The van der Waals surface area contributed by atoms with Gasteiger partial charge in [-0.2, -0.15) is 5.26 Å². The van der Waals surface area contributed by atoms with Crippen molar-refractivity contribution >= 4 is 11.6 Å². The zero-order chi connectivity index (χ0) is 10.7. The van der Waals surface area contributed by atoms with Crippen molar-refractivity contribution in [3.63, 3.8) is 0 Å². The summed E-state index contributed by atoms with van der Waals surface area (Å²) in [6.45, 7) is 0. The highest BCUT2D eigenvalue weighted by Crippen LogP contribution is 2.33. The van der Waals surface area contributed by atoms with Crippen LogP contribution in [0.4, 0.5) is 8.78 Å². The average Bonchev–Trinajstić information content (AvgIpc) is 2.16. The minimum atomic E-state index is -2.88.